The molecule has 2 aromatic heterocycles. The van der Waals surface area contributed by atoms with Gasteiger partial charge in [0.15, 0.2) is 0 Å². The van der Waals surface area contributed by atoms with E-state index in [0.717, 1.165) is 48.5 Å². The summed E-state index contributed by atoms with van der Waals surface area (Å²) in [5.41, 5.74) is 7.92. The minimum absolute atomic E-state index is 0.156. The van der Waals surface area contributed by atoms with Crippen LogP contribution in [0.15, 0.2) is 112 Å². The number of benzene rings is 4. The lowest BCUT2D eigenvalue weighted by Gasteiger charge is -2.15. The van der Waals surface area contributed by atoms with E-state index in [4.69, 9.17) is 4.98 Å². The lowest BCUT2D eigenvalue weighted by molar-refractivity contribution is 1.28. The van der Waals surface area contributed by atoms with Crippen molar-refractivity contribution in [3.63, 3.8) is 0 Å². The van der Waals surface area contributed by atoms with Crippen molar-refractivity contribution in [2.75, 3.05) is 0 Å². The summed E-state index contributed by atoms with van der Waals surface area (Å²) in [5.74, 6) is 0. The molecule has 0 atom stereocenters. The van der Waals surface area contributed by atoms with Crippen molar-refractivity contribution in [1.82, 2.24) is 9.97 Å². The van der Waals surface area contributed by atoms with Crippen molar-refractivity contribution in [2.45, 2.75) is 6.92 Å². The molecule has 1 N–H and O–H groups in total. The maximum Gasteiger partial charge on any atom is 0.258 e. The van der Waals surface area contributed by atoms with Crippen LogP contribution in [0, 0.1) is 6.92 Å². The second kappa shape index (κ2) is 8.64. The molecule has 6 rings (SSSR count). The van der Waals surface area contributed by atoms with Gasteiger partial charge in [0, 0.05) is 26.3 Å². The summed E-state index contributed by atoms with van der Waals surface area (Å²) < 4.78 is 0.951. The van der Waals surface area contributed by atoms with Gasteiger partial charge in [-0.25, -0.2) is 4.98 Å². The van der Waals surface area contributed by atoms with Crippen LogP contribution in [-0.4, -0.2) is 9.97 Å². The Morgan fingerprint density at radius 1 is 0.714 bits per heavy atom. The summed E-state index contributed by atoms with van der Waals surface area (Å²) in [6, 6.07) is 34.6. The van der Waals surface area contributed by atoms with Crippen LogP contribution in [0.4, 0.5) is 0 Å². The number of aromatic nitrogens is 2. The predicted octanol–water partition coefficient (Wildman–Crippen LogP) is 8.15. The molecule has 0 amide bonds. The van der Waals surface area contributed by atoms with Gasteiger partial charge in [-0.15, -0.1) is 0 Å². The first kappa shape index (κ1) is 21.5. The van der Waals surface area contributed by atoms with Crippen molar-refractivity contribution >= 4 is 37.7 Å². The average molecular weight is 517 g/mol. The molecule has 4 aromatic carbocycles. The van der Waals surface area contributed by atoms with E-state index in [0.29, 0.717) is 11.3 Å². The van der Waals surface area contributed by atoms with E-state index < -0.39 is 0 Å². The Bertz CT molecular complexity index is 1770. The Morgan fingerprint density at radius 3 is 2.26 bits per heavy atom. The number of hydrogen-bond donors (Lipinski definition) is 1. The predicted molar refractivity (Wildman–Crippen MR) is 149 cm³/mol. The van der Waals surface area contributed by atoms with Crippen molar-refractivity contribution in [3.8, 4) is 33.5 Å². The molecular weight excluding hydrogens is 496 g/mol. The van der Waals surface area contributed by atoms with Crippen LogP contribution in [-0.2, 0) is 0 Å². The third-order valence-electron chi connectivity index (χ3n) is 6.37. The monoisotopic (exact) mass is 516 g/mol. The highest BCUT2D eigenvalue weighted by atomic mass is 79.9. The summed E-state index contributed by atoms with van der Waals surface area (Å²) in [4.78, 5) is 21.7. The molecule has 35 heavy (non-hydrogen) atoms. The molecule has 6 aromatic rings. The molecule has 0 unspecified atom stereocenters. The summed E-state index contributed by atoms with van der Waals surface area (Å²) in [5, 5.41) is 2.02. The van der Waals surface area contributed by atoms with Gasteiger partial charge < -0.3 is 4.98 Å². The van der Waals surface area contributed by atoms with E-state index in [1.165, 1.54) is 5.56 Å². The molecule has 0 saturated heterocycles. The maximum atomic E-state index is 13.6. The third-order valence-corrected chi connectivity index (χ3v) is 6.87. The number of nitrogens with zero attached hydrogens (tertiary/aromatic N) is 1. The van der Waals surface area contributed by atoms with Crippen molar-refractivity contribution in [2.24, 2.45) is 0 Å². The van der Waals surface area contributed by atoms with Gasteiger partial charge in [0.1, 0.15) is 0 Å². The highest BCUT2D eigenvalue weighted by Crippen LogP contribution is 2.38. The Morgan fingerprint density at radius 2 is 1.46 bits per heavy atom. The topological polar surface area (TPSA) is 45.8 Å². The Balaban J connectivity index is 1.74. The van der Waals surface area contributed by atoms with Crippen LogP contribution in [0.5, 0.6) is 0 Å². The molecule has 0 aliphatic heterocycles. The molecule has 2 heterocycles. The van der Waals surface area contributed by atoms with Gasteiger partial charge in [-0.3, -0.25) is 4.79 Å². The van der Waals surface area contributed by atoms with Gasteiger partial charge in [-0.1, -0.05) is 94.3 Å². The molecule has 0 radical (unpaired) electrons. The fourth-order valence-corrected chi connectivity index (χ4v) is 5.05. The third kappa shape index (κ3) is 3.86. The van der Waals surface area contributed by atoms with Crippen LogP contribution in [0.1, 0.15) is 5.56 Å². The number of rotatable bonds is 3. The molecule has 0 saturated carbocycles. The van der Waals surface area contributed by atoms with Gasteiger partial charge in [0.05, 0.1) is 16.8 Å². The van der Waals surface area contributed by atoms with Gasteiger partial charge in [0.2, 0.25) is 0 Å². The van der Waals surface area contributed by atoms with E-state index in [1.54, 1.807) is 0 Å². The zero-order valence-corrected chi connectivity index (χ0v) is 20.6. The van der Waals surface area contributed by atoms with Crippen LogP contribution >= 0.6 is 15.9 Å². The van der Waals surface area contributed by atoms with E-state index in [1.807, 2.05) is 66.7 Å². The standard InChI is InChI=1S/C31H21BrN2O/c1-19-11-13-20(14-12-19)24-18-28(33-26-10-6-5-9-23(24)26)30-29(21-7-3-2-4-8-21)25-17-22(32)15-16-27(25)34-31(30)35/h2-18H,1H3,(H,34,35). The summed E-state index contributed by atoms with van der Waals surface area (Å²) in [6.45, 7) is 2.08. The number of hydrogen-bond acceptors (Lipinski definition) is 2. The number of aromatic amines is 1. The molecule has 0 bridgehead atoms. The Hall–Kier alpha value is -4.02. The first-order chi connectivity index (χ1) is 17.1. The smallest absolute Gasteiger partial charge is 0.258 e. The minimum atomic E-state index is -0.156. The lowest BCUT2D eigenvalue weighted by Crippen LogP contribution is -2.12. The molecular formula is C31H21BrN2O. The first-order valence-corrected chi connectivity index (χ1v) is 12.3. The number of halogens is 1. The molecule has 0 fully saturated rings. The lowest BCUT2D eigenvalue weighted by atomic mass is 9.92. The molecule has 0 spiro atoms. The summed E-state index contributed by atoms with van der Waals surface area (Å²) >= 11 is 3.61. The van der Waals surface area contributed by atoms with Gasteiger partial charge in [-0.05, 0) is 53.9 Å². The Kier molecular flexibility index (Phi) is 5.31. The number of H-pyrrole nitrogens is 1. The quantitative estimate of drug-likeness (QED) is 0.258. The van der Waals surface area contributed by atoms with Crippen molar-refractivity contribution < 1.29 is 0 Å². The zero-order chi connectivity index (χ0) is 23.9. The summed E-state index contributed by atoms with van der Waals surface area (Å²) in [6.07, 6.45) is 0. The number of fused-ring (bicyclic) bond motifs is 2. The van der Waals surface area contributed by atoms with Crippen LogP contribution < -0.4 is 5.56 Å². The molecule has 0 aliphatic rings. The number of aryl methyl sites for hydroxylation is 1. The minimum Gasteiger partial charge on any atom is -0.321 e. The maximum absolute atomic E-state index is 13.6. The zero-order valence-electron chi connectivity index (χ0n) is 19.0. The molecule has 3 nitrogen and oxygen atoms in total. The number of pyridine rings is 2. The van der Waals surface area contributed by atoms with E-state index >= 15 is 0 Å². The van der Waals surface area contributed by atoms with Gasteiger partial charge in [-0.2, -0.15) is 0 Å². The fourth-order valence-electron chi connectivity index (χ4n) is 4.69. The van der Waals surface area contributed by atoms with E-state index in [-0.39, 0.29) is 5.56 Å². The fraction of sp³-hybridized carbons (Fsp3) is 0.0323. The van der Waals surface area contributed by atoms with E-state index in [2.05, 4.69) is 64.2 Å². The Labute approximate surface area is 211 Å². The molecule has 0 aliphatic carbocycles. The van der Waals surface area contributed by atoms with Gasteiger partial charge >= 0.3 is 0 Å². The number of nitrogens with one attached hydrogen (secondary N) is 1. The van der Waals surface area contributed by atoms with Crippen LogP contribution in [0.3, 0.4) is 0 Å². The molecule has 168 valence electrons. The SMILES string of the molecule is Cc1ccc(-c2cc(-c3c(-c4ccccc4)c4cc(Br)ccc4[nH]c3=O)nc3ccccc23)cc1. The van der Waals surface area contributed by atoms with Crippen molar-refractivity contribution in [3.05, 3.63) is 124 Å². The van der Waals surface area contributed by atoms with Gasteiger partial charge in [0.25, 0.3) is 5.56 Å². The van der Waals surface area contributed by atoms with E-state index in [9.17, 15) is 4.79 Å². The second-order valence-electron chi connectivity index (χ2n) is 8.70. The molecule has 4 heteroatoms. The highest BCUT2D eigenvalue weighted by Gasteiger charge is 2.19. The highest BCUT2D eigenvalue weighted by molar-refractivity contribution is 9.10. The normalized spacial score (nSPS) is 11.3. The van der Waals surface area contributed by atoms with Crippen LogP contribution in [0.2, 0.25) is 0 Å². The summed E-state index contributed by atoms with van der Waals surface area (Å²) in [7, 11) is 0. The van der Waals surface area contributed by atoms with Crippen LogP contribution in [0.25, 0.3) is 55.3 Å². The largest absolute Gasteiger partial charge is 0.321 e. The first-order valence-electron chi connectivity index (χ1n) is 11.5. The second-order valence-corrected chi connectivity index (χ2v) is 9.61. The number of para-hydroxylation sites is 1. The van der Waals surface area contributed by atoms with Crippen molar-refractivity contribution in [1.29, 1.82) is 0 Å². The average Bonchev–Trinajstić information content (AvgIpc) is 2.88.